The molecule has 0 saturated carbocycles. The third kappa shape index (κ3) is 19.8. The largest absolute Gasteiger partial charge is 0.257 e. The second-order valence-corrected chi connectivity index (χ2v) is 12.9. The molecule has 2 nitrogen and oxygen atoms in total. The van der Waals surface area contributed by atoms with Crippen LogP contribution in [-0.4, -0.2) is 4.98 Å². The molecule has 0 spiro atoms. The highest BCUT2D eigenvalue weighted by atomic mass is 15.1. The molecule has 39 heavy (non-hydrogen) atoms. The van der Waals surface area contributed by atoms with Crippen LogP contribution in [0.4, 0.5) is 0 Å². The Labute approximate surface area is 246 Å². The lowest BCUT2D eigenvalue weighted by Crippen LogP contribution is -2.41. The molecular formula is C37H73N2+. The Bertz CT molecular complexity index is 606. The second-order valence-electron chi connectivity index (χ2n) is 12.9. The molecule has 1 rings (SSSR count). The molecule has 0 aliphatic carbocycles. The number of aromatic nitrogens is 2. The number of H-pyrrole nitrogens is 1. The standard InChI is InChI=1S/C37H72N2/c1-5-8-11-14-16-18-19-20-22-23-25-27-30-35(4)39-34-33-38-37(39)36(31-28-13-10-7-3)32-29-26-24-21-17-15-12-9-6-2/h33-36H,5-32H2,1-4H3/p+1. The lowest BCUT2D eigenvalue weighted by molar-refractivity contribution is -0.727. The van der Waals surface area contributed by atoms with E-state index in [-0.39, 0.29) is 0 Å². The monoisotopic (exact) mass is 546 g/mol. The minimum atomic E-state index is 0.621. The maximum atomic E-state index is 3.72. The number of hydrogen-bond donors (Lipinski definition) is 1. The Morgan fingerprint density at radius 1 is 0.487 bits per heavy atom. The van der Waals surface area contributed by atoms with Crippen molar-refractivity contribution in [1.29, 1.82) is 0 Å². The number of aromatic amines is 1. The summed E-state index contributed by atoms with van der Waals surface area (Å²) in [6.45, 7) is 9.41. The lowest BCUT2D eigenvalue weighted by Gasteiger charge is -2.17. The molecule has 230 valence electrons. The van der Waals surface area contributed by atoms with Gasteiger partial charge >= 0.3 is 0 Å². The number of nitrogens with one attached hydrogen (secondary N) is 1. The first-order valence-electron chi connectivity index (χ1n) is 18.3. The summed E-state index contributed by atoms with van der Waals surface area (Å²) in [4.78, 5) is 3.72. The minimum absolute atomic E-state index is 0.621. The van der Waals surface area contributed by atoms with Crippen LogP contribution in [0.3, 0.4) is 0 Å². The topological polar surface area (TPSA) is 19.7 Å². The van der Waals surface area contributed by atoms with Crippen LogP contribution in [0.1, 0.15) is 225 Å². The molecular weight excluding hydrogens is 472 g/mol. The second kappa shape index (κ2) is 27.4. The number of rotatable bonds is 30. The van der Waals surface area contributed by atoms with E-state index in [0.717, 1.165) is 0 Å². The molecule has 1 heterocycles. The van der Waals surface area contributed by atoms with E-state index in [4.69, 9.17) is 0 Å². The van der Waals surface area contributed by atoms with Crippen molar-refractivity contribution in [3.63, 3.8) is 0 Å². The summed E-state index contributed by atoms with van der Waals surface area (Å²) in [6.07, 6.45) is 44.2. The van der Waals surface area contributed by atoms with Gasteiger partial charge in [-0.3, -0.25) is 0 Å². The van der Waals surface area contributed by atoms with E-state index in [9.17, 15) is 0 Å². The van der Waals surface area contributed by atoms with E-state index in [0.29, 0.717) is 12.0 Å². The van der Waals surface area contributed by atoms with Gasteiger partial charge in [0.05, 0.1) is 12.0 Å². The zero-order valence-electron chi connectivity index (χ0n) is 27.6. The van der Waals surface area contributed by atoms with Crippen LogP contribution in [0.2, 0.25) is 0 Å². The summed E-state index contributed by atoms with van der Waals surface area (Å²) in [5, 5.41) is 0. The fraction of sp³-hybridized carbons (Fsp3) is 0.919. The number of imidazole rings is 1. The van der Waals surface area contributed by atoms with Crippen molar-refractivity contribution in [2.45, 2.75) is 219 Å². The molecule has 0 saturated heterocycles. The Morgan fingerprint density at radius 2 is 0.821 bits per heavy atom. The minimum Gasteiger partial charge on any atom is -0.247 e. The molecule has 0 bridgehead atoms. The van der Waals surface area contributed by atoms with E-state index in [1.165, 1.54) is 186 Å². The third-order valence-electron chi connectivity index (χ3n) is 9.14. The van der Waals surface area contributed by atoms with Gasteiger partial charge in [-0.15, -0.1) is 0 Å². The SMILES string of the molecule is CCCCCCCCCCCCCCC(C)[n+]1cc[nH]c1C(CCCCCC)CCCCCCCCCCC. The smallest absolute Gasteiger partial charge is 0.247 e. The maximum Gasteiger partial charge on any atom is 0.257 e. The van der Waals surface area contributed by atoms with Gasteiger partial charge in [0.1, 0.15) is 12.4 Å². The molecule has 2 heteroatoms. The van der Waals surface area contributed by atoms with Crippen LogP contribution in [0.25, 0.3) is 0 Å². The molecule has 0 aromatic carbocycles. The zero-order valence-corrected chi connectivity index (χ0v) is 27.6. The normalized spacial score (nSPS) is 13.2. The Balaban J connectivity index is 2.33. The fourth-order valence-corrected chi connectivity index (χ4v) is 6.43. The summed E-state index contributed by atoms with van der Waals surface area (Å²) in [6, 6.07) is 0.621. The first-order valence-corrected chi connectivity index (χ1v) is 18.3. The van der Waals surface area contributed by atoms with Gasteiger partial charge in [0.2, 0.25) is 0 Å². The van der Waals surface area contributed by atoms with Crippen LogP contribution in [0, 0.1) is 0 Å². The molecule has 0 aliphatic rings. The predicted octanol–water partition coefficient (Wildman–Crippen LogP) is 12.9. The van der Waals surface area contributed by atoms with Crippen LogP contribution in [0.5, 0.6) is 0 Å². The van der Waals surface area contributed by atoms with Gasteiger partial charge in [0.25, 0.3) is 5.82 Å². The Hall–Kier alpha value is -0.790. The molecule has 1 aromatic rings. The van der Waals surface area contributed by atoms with Crippen molar-refractivity contribution in [1.82, 2.24) is 4.98 Å². The highest BCUT2D eigenvalue weighted by molar-refractivity contribution is 4.90. The molecule has 2 atom stereocenters. The molecule has 0 fully saturated rings. The summed E-state index contributed by atoms with van der Waals surface area (Å²) >= 11 is 0. The average Bonchev–Trinajstić information content (AvgIpc) is 3.44. The number of unbranched alkanes of at least 4 members (excludes halogenated alkanes) is 22. The molecule has 0 aliphatic heterocycles. The van der Waals surface area contributed by atoms with Crippen molar-refractivity contribution in [2.75, 3.05) is 0 Å². The molecule has 1 aromatic heterocycles. The van der Waals surface area contributed by atoms with Crippen LogP contribution in [-0.2, 0) is 0 Å². The van der Waals surface area contributed by atoms with Gasteiger partial charge < -0.3 is 0 Å². The third-order valence-corrected chi connectivity index (χ3v) is 9.14. The van der Waals surface area contributed by atoms with Crippen molar-refractivity contribution in [2.24, 2.45) is 0 Å². The van der Waals surface area contributed by atoms with Gasteiger partial charge in [-0.2, -0.15) is 0 Å². The summed E-state index contributed by atoms with van der Waals surface area (Å²) in [5.74, 6) is 2.24. The summed E-state index contributed by atoms with van der Waals surface area (Å²) < 4.78 is 2.62. The average molecular weight is 546 g/mol. The van der Waals surface area contributed by atoms with Crippen molar-refractivity contribution < 1.29 is 4.57 Å². The first-order chi connectivity index (χ1) is 19.2. The van der Waals surface area contributed by atoms with Gasteiger partial charge in [0, 0.05) is 0 Å². The molecule has 1 N–H and O–H groups in total. The number of nitrogens with zero attached hydrogens (tertiary/aromatic N) is 1. The van der Waals surface area contributed by atoms with E-state index < -0.39 is 0 Å². The maximum absolute atomic E-state index is 3.72. The van der Waals surface area contributed by atoms with E-state index in [1.807, 2.05) is 0 Å². The van der Waals surface area contributed by atoms with Crippen LogP contribution >= 0.6 is 0 Å². The quantitative estimate of drug-likeness (QED) is 0.0732. The molecule has 2 unspecified atom stereocenters. The zero-order chi connectivity index (χ0) is 28.2. The Kier molecular flexibility index (Phi) is 25.4. The first kappa shape index (κ1) is 36.2. The Morgan fingerprint density at radius 3 is 1.23 bits per heavy atom. The predicted molar refractivity (Wildman–Crippen MR) is 175 cm³/mol. The molecule has 0 radical (unpaired) electrons. The van der Waals surface area contributed by atoms with Gasteiger partial charge in [-0.25, -0.2) is 9.55 Å². The van der Waals surface area contributed by atoms with Crippen molar-refractivity contribution in [3.8, 4) is 0 Å². The van der Waals surface area contributed by atoms with Crippen molar-refractivity contribution >= 4 is 0 Å². The lowest BCUT2D eigenvalue weighted by atomic mass is 9.93. The van der Waals surface area contributed by atoms with Crippen LogP contribution in [0.15, 0.2) is 12.4 Å². The number of hydrogen-bond acceptors (Lipinski definition) is 0. The van der Waals surface area contributed by atoms with E-state index in [2.05, 4.69) is 49.6 Å². The van der Waals surface area contributed by atoms with E-state index >= 15 is 0 Å². The highest BCUT2D eigenvalue weighted by Gasteiger charge is 2.25. The van der Waals surface area contributed by atoms with Gasteiger partial charge in [-0.1, -0.05) is 175 Å². The fourth-order valence-electron chi connectivity index (χ4n) is 6.43. The summed E-state index contributed by atoms with van der Waals surface area (Å²) in [7, 11) is 0. The van der Waals surface area contributed by atoms with Crippen molar-refractivity contribution in [3.05, 3.63) is 18.2 Å². The van der Waals surface area contributed by atoms with E-state index in [1.54, 1.807) is 0 Å². The molecule has 0 amide bonds. The van der Waals surface area contributed by atoms with Crippen LogP contribution < -0.4 is 4.57 Å². The van der Waals surface area contributed by atoms with Gasteiger partial charge in [-0.05, 0) is 32.6 Å². The van der Waals surface area contributed by atoms with Gasteiger partial charge in [0.15, 0.2) is 0 Å². The highest BCUT2D eigenvalue weighted by Crippen LogP contribution is 2.27. The summed E-state index contributed by atoms with van der Waals surface area (Å²) in [5.41, 5.74) is 0.